The average Bonchev–Trinajstić information content (AvgIpc) is 2.84. The molecule has 184 valence electrons. The van der Waals surface area contributed by atoms with Crippen molar-refractivity contribution >= 4 is 11.8 Å². The molecule has 0 aromatic heterocycles. The summed E-state index contributed by atoms with van der Waals surface area (Å²) in [6.45, 7) is 8.52. The lowest BCUT2D eigenvalue weighted by Gasteiger charge is -2.31. The molecule has 3 aromatic rings. The summed E-state index contributed by atoms with van der Waals surface area (Å²) in [6, 6.07) is 24.9. The van der Waals surface area contributed by atoms with Crippen LogP contribution in [-0.4, -0.2) is 36.4 Å². The quantitative estimate of drug-likeness (QED) is 0.474. The number of nitrogens with zero attached hydrogens (tertiary/aromatic N) is 1. The monoisotopic (exact) mass is 472 g/mol. The third kappa shape index (κ3) is 7.19. The molecular formula is C30H36N2O3. The Morgan fingerprint density at radius 3 is 2.23 bits per heavy atom. The minimum Gasteiger partial charge on any atom is -0.483 e. The van der Waals surface area contributed by atoms with Crippen molar-refractivity contribution in [1.29, 1.82) is 0 Å². The second-order valence-corrected chi connectivity index (χ2v) is 9.87. The summed E-state index contributed by atoms with van der Waals surface area (Å²) in [5.41, 5.74) is 3.96. The van der Waals surface area contributed by atoms with E-state index in [-0.39, 0.29) is 23.8 Å². The SMILES string of the molecule is CNC(=O)C(Cc1ccccc1)N(Cc1cccc(C)c1)C(=O)COc1ccccc1C(C)(C)C. The van der Waals surface area contributed by atoms with Crippen molar-refractivity contribution < 1.29 is 14.3 Å². The van der Waals surface area contributed by atoms with Crippen molar-refractivity contribution in [2.45, 2.75) is 52.1 Å². The molecule has 0 aliphatic rings. The molecule has 0 heterocycles. The minimum absolute atomic E-state index is 0.126. The lowest BCUT2D eigenvalue weighted by atomic mass is 9.86. The first kappa shape index (κ1) is 26.0. The molecular weight excluding hydrogens is 436 g/mol. The Bertz CT molecular complexity index is 1140. The maximum atomic E-state index is 13.6. The van der Waals surface area contributed by atoms with Crippen LogP contribution in [0.1, 0.15) is 43.0 Å². The number of benzene rings is 3. The van der Waals surface area contributed by atoms with Crippen molar-refractivity contribution in [3.8, 4) is 5.75 Å². The van der Waals surface area contributed by atoms with E-state index in [1.807, 2.05) is 85.8 Å². The van der Waals surface area contributed by atoms with Gasteiger partial charge in [-0.2, -0.15) is 0 Å². The summed E-state index contributed by atoms with van der Waals surface area (Å²) in [6.07, 6.45) is 0.413. The van der Waals surface area contributed by atoms with Crippen LogP contribution in [0.4, 0.5) is 0 Å². The Morgan fingerprint density at radius 2 is 1.57 bits per heavy atom. The van der Waals surface area contributed by atoms with Gasteiger partial charge in [0.15, 0.2) is 6.61 Å². The summed E-state index contributed by atoms with van der Waals surface area (Å²) in [4.78, 5) is 28.3. The molecule has 0 saturated heterocycles. The number of nitrogens with one attached hydrogen (secondary N) is 1. The number of rotatable bonds is 9. The zero-order valence-corrected chi connectivity index (χ0v) is 21.4. The first-order valence-corrected chi connectivity index (χ1v) is 12.0. The molecule has 1 atom stereocenters. The fourth-order valence-corrected chi connectivity index (χ4v) is 4.16. The highest BCUT2D eigenvalue weighted by molar-refractivity contribution is 5.88. The molecule has 0 bridgehead atoms. The number of hydrogen-bond acceptors (Lipinski definition) is 3. The van der Waals surface area contributed by atoms with Crippen LogP contribution in [0.5, 0.6) is 5.75 Å². The number of aryl methyl sites for hydroxylation is 1. The van der Waals surface area contributed by atoms with Gasteiger partial charge in [-0.1, -0.05) is 99.1 Å². The van der Waals surface area contributed by atoms with E-state index in [1.54, 1.807) is 11.9 Å². The molecule has 5 heteroatoms. The fourth-order valence-electron chi connectivity index (χ4n) is 4.16. The zero-order chi connectivity index (χ0) is 25.4. The van der Waals surface area contributed by atoms with Gasteiger partial charge < -0.3 is 15.0 Å². The number of ether oxygens (including phenoxy) is 1. The van der Waals surface area contributed by atoms with Crippen molar-refractivity contribution in [2.24, 2.45) is 0 Å². The van der Waals surface area contributed by atoms with Gasteiger partial charge in [0, 0.05) is 20.0 Å². The average molecular weight is 473 g/mol. The smallest absolute Gasteiger partial charge is 0.261 e. The van der Waals surface area contributed by atoms with E-state index in [2.05, 4.69) is 26.1 Å². The molecule has 0 fully saturated rings. The highest BCUT2D eigenvalue weighted by Gasteiger charge is 2.30. The van der Waals surface area contributed by atoms with Crippen LogP contribution in [0.3, 0.4) is 0 Å². The number of para-hydroxylation sites is 1. The number of carbonyl (C=O) groups excluding carboxylic acids is 2. The zero-order valence-electron chi connectivity index (χ0n) is 21.4. The molecule has 5 nitrogen and oxygen atoms in total. The molecule has 0 aliphatic carbocycles. The normalized spacial score (nSPS) is 12.0. The number of likely N-dealkylation sites (N-methyl/N-ethyl adjacent to an activating group) is 1. The van der Waals surface area contributed by atoms with E-state index in [0.717, 1.165) is 22.3 Å². The van der Waals surface area contributed by atoms with Gasteiger partial charge >= 0.3 is 0 Å². The molecule has 35 heavy (non-hydrogen) atoms. The second kappa shape index (κ2) is 11.7. The van der Waals surface area contributed by atoms with Crippen molar-refractivity contribution in [2.75, 3.05) is 13.7 Å². The maximum absolute atomic E-state index is 13.6. The molecule has 1 N–H and O–H groups in total. The predicted octanol–water partition coefficient (Wildman–Crippen LogP) is 5.06. The largest absolute Gasteiger partial charge is 0.483 e. The number of hydrogen-bond donors (Lipinski definition) is 1. The van der Waals surface area contributed by atoms with Gasteiger partial charge in [-0.3, -0.25) is 9.59 Å². The van der Waals surface area contributed by atoms with Gasteiger partial charge in [0.2, 0.25) is 5.91 Å². The van der Waals surface area contributed by atoms with Crippen LogP contribution in [-0.2, 0) is 28.0 Å². The van der Waals surface area contributed by atoms with Gasteiger partial charge in [0.1, 0.15) is 11.8 Å². The van der Waals surface area contributed by atoms with E-state index in [1.165, 1.54) is 0 Å². The van der Waals surface area contributed by atoms with Crippen molar-refractivity contribution in [3.63, 3.8) is 0 Å². The molecule has 0 spiro atoms. The highest BCUT2D eigenvalue weighted by Crippen LogP contribution is 2.31. The Kier molecular flexibility index (Phi) is 8.69. The minimum atomic E-state index is -0.670. The molecule has 0 aliphatic heterocycles. The van der Waals surface area contributed by atoms with Crippen molar-refractivity contribution in [3.05, 3.63) is 101 Å². The first-order valence-electron chi connectivity index (χ1n) is 12.0. The van der Waals surface area contributed by atoms with Gasteiger partial charge in [-0.25, -0.2) is 0 Å². The summed E-state index contributed by atoms with van der Waals surface area (Å²) in [5, 5.41) is 2.75. The highest BCUT2D eigenvalue weighted by atomic mass is 16.5. The molecule has 3 rings (SSSR count). The van der Waals surface area contributed by atoms with Gasteiger partial charge in [-0.15, -0.1) is 0 Å². The van der Waals surface area contributed by atoms with Crippen LogP contribution in [0, 0.1) is 6.92 Å². The van der Waals surface area contributed by atoms with Crippen LogP contribution in [0.2, 0.25) is 0 Å². The molecule has 2 amide bonds. The van der Waals surface area contributed by atoms with Gasteiger partial charge in [0.25, 0.3) is 5.91 Å². The lowest BCUT2D eigenvalue weighted by molar-refractivity contribution is -0.142. The Balaban J connectivity index is 1.91. The Labute approximate surface area is 209 Å². The van der Waals surface area contributed by atoms with Crippen molar-refractivity contribution in [1.82, 2.24) is 10.2 Å². The third-order valence-electron chi connectivity index (χ3n) is 6.00. The maximum Gasteiger partial charge on any atom is 0.261 e. The third-order valence-corrected chi connectivity index (χ3v) is 6.00. The van der Waals surface area contributed by atoms with E-state index in [9.17, 15) is 9.59 Å². The number of amides is 2. The second-order valence-electron chi connectivity index (χ2n) is 9.87. The Hall–Kier alpha value is -3.60. The Morgan fingerprint density at radius 1 is 0.914 bits per heavy atom. The standard InChI is InChI=1S/C30H36N2O3/c1-22-12-11-15-24(18-22)20-32(26(29(34)31-5)19-23-13-7-6-8-14-23)28(33)21-35-27-17-10-9-16-25(27)30(2,3)4/h6-18,26H,19-21H2,1-5H3,(H,31,34). The molecule has 0 radical (unpaired) electrons. The molecule has 0 saturated carbocycles. The summed E-state index contributed by atoms with van der Waals surface area (Å²) in [5.74, 6) is 0.244. The predicted molar refractivity (Wildman–Crippen MR) is 140 cm³/mol. The summed E-state index contributed by atoms with van der Waals surface area (Å²) >= 11 is 0. The van der Waals surface area contributed by atoms with E-state index < -0.39 is 6.04 Å². The number of carbonyl (C=O) groups is 2. The summed E-state index contributed by atoms with van der Waals surface area (Å²) < 4.78 is 6.06. The molecule has 1 unspecified atom stereocenters. The van der Waals surface area contributed by atoms with Crippen LogP contribution < -0.4 is 10.1 Å². The van der Waals surface area contributed by atoms with E-state index in [0.29, 0.717) is 18.7 Å². The first-order chi connectivity index (χ1) is 16.7. The van der Waals surface area contributed by atoms with Crippen LogP contribution in [0.15, 0.2) is 78.9 Å². The lowest BCUT2D eigenvalue weighted by Crippen LogP contribution is -2.51. The fraction of sp³-hybridized carbons (Fsp3) is 0.333. The van der Waals surface area contributed by atoms with Gasteiger partial charge in [0.05, 0.1) is 0 Å². The van der Waals surface area contributed by atoms with E-state index in [4.69, 9.17) is 4.74 Å². The van der Waals surface area contributed by atoms with Crippen LogP contribution in [0.25, 0.3) is 0 Å². The summed E-state index contributed by atoms with van der Waals surface area (Å²) in [7, 11) is 1.60. The van der Waals surface area contributed by atoms with E-state index >= 15 is 0 Å². The van der Waals surface area contributed by atoms with Crippen LogP contribution >= 0.6 is 0 Å². The molecule has 3 aromatic carbocycles. The van der Waals surface area contributed by atoms with Gasteiger partial charge in [-0.05, 0) is 35.1 Å². The topological polar surface area (TPSA) is 58.6 Å².